The van der Waals surface area contributed by atoms with Gasteiger partial charge in [-0.15, -0.1) is 11.3 Å². The second-order valence-corrected chi connectivity index (χ2v) is 7.45. The number of hydrogen-bond acceptors (Lipinski definition) is 4. The largest absolute Gasteiger partial charge is 0.379 e. The maximum absolute atomic E-state index is 12.6. The topological polar surface area (TPSA) is 38.8 Å². The van der Waals surface area contributed by atoms with Crippen LogP contribution in [-0.2, 0) is 9.47 Å². The van der Waals surface area contributed by atoms with Crippen molar-refractivity contribution in [1.82, 2.24) is 4.90 Å². The van der Waals surface area contributed by atoms with Gasteiger partial charge in [0.1, 0.15) is 0 Å². The molecule has 116 valence electrons. The zero-order chi connectivity index (χ0) is 15.0. The van der Waals surface area contributed by atoms with Gasteiger partial charge >= 0.3 is 0 Å². The molecule has 1 amide bonds. The number of hydrogen-bond donors (Lipinski definition) is 0. The van der Waals surface area contributed by atoms with Gasteiger partial charge < -0.3 is 14.4 Å². The Kier molecular flexibility index (Phi) is 4.08. The molecule has 1 spiro atoms. The lowest BCUT2D eigenvalue weighted by atomic mass is 9.88. The van der Waals surface area contributed by atoms with Crippen molar-refractivity contribution in [2.75, 3.05) is 26.8 Å². The van der Waals surface area contributed by atoms with Crippen LogP contribution in [0.1, 0.15) is 39.4 Å². The number of piperidine rings is 1. The van der Waals surface area contributed by atoms with Crippen LogP contribution in [0.25, 0.3) is 0 Å². The third-order valence-corrected chi connectivity index (χ3v) is 5.99. The van der Waals surface area contributed by atoms with Crippen molar-refractivity contribution in [3.05, 3.63) is 21.4 Å². The van der Waals surface area contributed by atoms with Crippen molar-refractivity contribution in [3.63, 3.8) is 0 Å². The van der Waals surface area contributed by atoms with Crippen LogP contribution in [0, 0.1) is 13.8 Å². The van der Waals surface area contributed by atoms with Gasteiger partial charge in [0.25, 0.3) is 5.91 Å². The molecule has 2 aliphatic heterocycles. The number of methoxy groups -OCH3 is 1. The van der Waals surface area contributed by atoms with Crippen molar-refractivity contribution < 1.29 is 14.3 Å². The summed E-state index contributed by atoms with van der Waals surface area (Å²) in [6.45, 7) is 6.38. The van der Waals surface area contributed by atoms with Crippen LogP contribution in [0.5, 0.6) is 0 Å². The molecule has 0 N–H and O–H groups in total. The van der Waals surface area contributed by atoms with E-state index in [0.717, 1.165) is 37.2 Å². The number of ether oxygens (including phenoxy) is 2. The quantitative estimate of drug-likeness (QED) is 0.843. The highest BCUT2D eigenvalue weighted by Gasteiger charge is 2.43. The molecule has 0 radical (unpaired) electrons. The minimum atomic E-state index is -0.0568. The monoisotopic (exact) mass is 309 g/mol. The summed E-state index contributed by atoms with van der Waals surface area (Å²) < 4.78 is 11.4. The molecule has 21 heavy (non-hydrogen) atoms. The molecule has 0 saturated carbocycles. The molecule has 3 rings (SSSR count). The highest BCUT2D eigenvalue weighted by Crippen LogP contribution is 2.37. The van der Waals surface area contributed by atoms with Crippen molar-refractivity contribution in [2.45, 2.75) is 44.8 Å². The van der Waals surface area contributed by atoms with Crippen molar-refractivity contribution in [3.8, 4) is 0 Å². The number of carbonyl (C=O) groups excluding carboxylic acids is 1. The first-order valence-electron chi connectivity index (χ1n) is 7.56. The predicted octanol–water partition coefficient (Wildman–Crippen LogP) is 2.78. The van der Waals surface area contributed by atoms with E-state index in [1.807, 2.05) is 11.0 Å². The molecule has 0 aromatic carbocycles. The fourth-order valence-corrected chi connectivity index (χ4v) is 4.26. The van der Waals surface area contributed by atoms with Gasteiger partial charge in [0.05, 0.1) is 23.2 Å². The van der Waals surface area contributed by atoms with Gasteiger partial charge in [-0.3, -0.25) is 4.79 Å². The first-order chi connectivity index (χ1) is 10.0. The van der Waals surface area contributed by atoms with Crippen LogP contribution in [-0.4, -0.2) is 49.3 Å². The number of likely N-dealkylation sites (tertiary alicyclic amines) is 1. The van der Waals surface area contributed by atoms with Gasteiger partial charge in [-0.05, 0) is 38.3 Å². The Morgan fingerprint density at radius 3 is 2.67 bits per heavy atom. The zero-order valence-corrected chi connectivity index (χ0v) is 13.8. The molecular formula is C16H23NO3S. The number of nitrogens with zero attached hydrogens (tertiary/aromatic N) is 1. The van der Waals surface area contributed by atoms with Crippen molar-refractivity contribution >= 4 is 17.2 Å². The molecule has 3 heterocycles. The zero-order valence-electron chi connectivity index (χ0n) is 13.0. The molecule has 2 saturated heterocycles. The van der Waals surface area contributed by atoms with E-state index in [4.69, 9.17) is 9.47 Å². The number of amides is 1. The minimum Gasteiger partial charge on any atom is -0.379 e. The summed E-state index contributed by atoms with van der Waals surface area (Å²) in [4.78, 5) is 16.6. The fourth-order valence-electron chi connectivity index (χ4n) is 3.25. The van der Waals surface area contributed by atoms with Crippen molar-refractivity contribution in [1.29, 1.82) is 0 Å². The Labute approximate surface area is 130 Å². The van der Waals surface area contributed by atoms with Gasteiger partial charge in [-0.25, -0.2) is 0 Å². The molecule has 1 aromatic heterocycles. The Balaban J connectivity index is 1.62. The average molecular weight is 309 g/mol. The van der Waals surface area contributed by atoms with Gasteiger partial charge in [-0.2, -0.15) is 0 Å². The summed E-state index contributed by atoms with van der Waals surface area (Å²) in [5, 5.41) is 0. The molecule has 0 aliphatic carbocycles. The van der Waals surface area contributed by atoms with E-state index in [2.05, 4.69) is 13.8 Å². The lowest BCUT2D eigenvalue weighted by Gasteiger charge is -2.38. The molecule has 2 fully saturated rings. The third-order valence-electron chi connectivity index (χ3n) is 4.85. The van der Waals surface area contributed by atoms with Gasteiger partial charge in [0, 0.05) is 31.5 Å². The molecule has 1 unspecified atom stereocenters. The smallest absolute Gasteiger partial charge is 0.263 e. The number of thiophene rings is 1. The van der Waals surface area contributed by atoms with Crippen LogP contribution in [0.3, 0.4) is 0 Å². The van der Waals surface area contributed by atoms with Crippen LogP contribution in [0.2, 0.25) is 0 Å². The summed E-state index contributed by atoms with van der Waals surface area (Å²) in [5.41, 5.74) is 1.15. The highest BCUT2D eigenvalue weighted by molar-refractivity contribution is 7.14. The molecule has 2 aliphatic rings. The number of carbonyl (C=O) groups is 1. The molecule has 4 nitrogen and oxygen atoms in total. The Morgan fingerprint density at radius 2 is 2.14 bits per heavy atom. The van der Waals surface area contributed by atoms with Crippen LogP contribution in [0.4, 0.5) is 0 Å². The van der Waals surface area contributed by atoms with E-state index >= 15 is 0 Å². The third kappa shape index (κ3) is 2.87. The fraction of sp³-hybridized carbons (Fsp3) is 0.688. The molecular weight excluding hydrogens is 286 g/mol. The maximum Gasteiger partial charge on any atom is 0.263 e. The Bertz CT molecular complexity index is 512. The molecule has 5 heteroatoms. The van der Waals surface area contributed by atoms with E-state index in [1.165, 1.54) is 10.4 Å². The lowest BCUT2D eigenvalue weighted by molar-refractivity contribution is -0.0401. The molecule has 1 aromatic rings. The SMILES string of the molecule is COC1COC2(CCN(C(=O)c3cc(C)c(C)s3)CC2)C1. The number of rotatable bonds is 2. The van der Waals surface area contributed by atoms with E-state index in [9.17, 15) is 4.79 Å². The first kappa shape index (κ1) is 15.0. The standard InChI is InChI=1S/C16H23NO3S/c1-11-8-14(21-12(11)2)15(18)17-6-4-16(5-7-17)9-13(19-3)10-20-16/h8,13H,4-7,9-10H2,1-3H3. The van der Waals surface area contributed by atoms with Gasteiger partial charge in [0.2, 0.25) is 0 Å². The Hall–Kier alpha value is -0.910. The summed E-state index contributed by atoms with van der Waals surface area (Å²) in [6, 6.07) is 2.01. The number of aryl methyl sites for hydroxylation is 2. The Morgan fingerprint density at radius 1 is 1.43 bits per heavy atom. The van der Waals surface area contributed by atoms with Crippen LogP contribution >= 0.6 is 11.3 Å². The summed E-state index contributed by atoms with van der Waals surface area (Å²) >= 11 is 1.60. The normalized spacial score (nSPS) is 24.7. The van der Waals surface area contributed by atoms with E-state index in [0.29, 0.717) is 6.61 Å². The molecule has 1 atom stereocenters. The summed E-state index contributed by atoms with van der Waals surface area (Å²) in [6.07, 6.45) is 3.02. The summed E-state index contributed by atoms with van der Waals surface area (Å²) in [7, 11) is 1.74. The van der Waals surface area contributed by atoms with Gasteiger partial charge in [0.15, 0.2) is 0 Å². The second kappa shape index (κ2) is 5.71. The summed E-state index contributed by atoms with van der Waals surface area (Å²) in [5.74, 6) is 0.173. The van der Waals surface area contributed by atoms with E-state index < -0.39 is 0 Å². The molecule has 0 bridgehead atoms. The van der Waals surface area contributed by atoms with Crippen molar-refractivity contribution in [2.24, 2.45) is 0 Å². The van der Waals surface area contributed by atoms with E-state index in [1.54, 1.807) is 18.4 Å². The lowest BCUT2D eigenvalue weighted by Crippen LogP contribution is -2.46. The first-order valence-corrected chi connectivity index (χ1v) is 8.38. The van der Waals surface area contributed by atoms with Crippen LogP contribution < -0.4 is 0 Å². The highest BCUT2D eigenvalue weighted by atomic mass is 32.1. The van der Waals surface area contributed by atoms with Gasteiger partial charge in [-0.1, -0.05) is 0 Å². The van der Waals surface area contributed by atoms with Crippen LogP contribution in [0.15, 0.2) is 6.07 Å². The maximum atomic E-state index is 12.6. The second-order valence-electron chi connectivity index (χ2n) is 6.20. The van der Waals surface area contributed by atoms with E-state index in [-0.39, 0.29) is 17.6 Å². The average Bonchev–Trinajstić information content (AvgIpc) is 3.04. The predicted molar refractivity (Wildman–Crippen MR) is 83.0 cm³/mol. The minimum absolute atomic E-state index is 0.0568.